The third-order valence-electron chi connectivity index (χ3n) is 4.13. The first-order chi connectivity index (χ1) is 8.37. The Labute approximate surface area is 117 Å². The molecule has 1 N–H and O–H groups in total. The van der Waals surface area contributed by atoms with Gasteiger partial charge in [0.25, 0.3) is 0 Å². The third kappa shape index (κ3) is 6.87. The monoisotopic (exact) mass is 248 g/mol. The Morgan fingerprint density at radius 3 is 1.44 bits per heavy atom. The maximum absolute atomic E-state index is 10.0. The van der Waals surface area contributed by atoms with Crippen LogP contribution in [0.4, 0.5) is 0 Å². The van der Waals surface area contributed by atoms with E-state index in [1.807, 2.05) is 6.92 Å². The van der Waals surface area contributed by atoms with E-state index in [1.54, 1.807) is 0 Å². The van der Waals surface area contributed by atoms with Gasteiger partial charge in [-0.2, -0.15) is 0 Å². The van der Waals surface area contributed by atoms with Crippen LogP contribution in [0.3, 0.4) is 0 Å². The predicted molar refractivity (Wildman–Crippen MR) is 82.1 cm³/mol. The van der Waals surface area contributed by atoms with Gasteiger partial charge in [0.05, 0.1) is 15.7 Å². The second-order valence-corrected chi connectivity index (χ2v) is 6.01. The quantitative estimate of drug-likeness (QED) is 0.434. The van der Waals surface area contributed by atoms with E-state index in [9.17, 15) is 5.11 Å². The minimum absolute atomic E-state index is 0.353. The topological polar surface area (TPSA) is 20.2 Å². The first-order valence-corrected chi connectivity index (χ1v) is 7.67. The van der Waals surface area contributed by atoms with Gasteiger partial charge in [0.2, 0.25) is 0 Å². The smallest absolute Gasteiger partial charge is 0.0997 e. The number of hydrogen-bond donors (Lipinski definition) is 1. The Balaban J connectivity index is 4.17. The fourth-order valence-electron chi connectivity index (χ4n) is 2.41. The molecule has 3 heteroatoms. The molecule has 0 aliphatic rings. The van der Waals surface area contributed by atoms with Crippen LogP contribution in [0.2, 0.25) is 0 Å². The van der Waals surface area contributed by atoms with Gasteiger partial charge in [-0.05, 0) is 23.7 Å². The van der Waals surface area contributed by atoms with Crippen molar-refractivity contribution in [3.05, 3.63) is 0 Å². The fourth-order valence-corrected chi connectivity index (χ4v) is 2.41. The van der Waals surface area contributed by atoms with Gasteiger partial charge in [-0.1, -0.05) is 72.1 Å². The van der Waals surface area contributed by atoms with Crippen LogP contribution in [0.1, 0.15) is 85.0 Å². The second kappa shape index (κ2) is 9.07. The minimum atomic E-state index is -1.55. The molecule has 1 nitrogen and oxygen atoms in total. The van der Waals surface area contributed by atoms with Crippen molar-refractivity contribution >= 4 is 15.7 Å². The summed E-state index contributed by atoms with van der Waals surface area (Å²) in [5, 5.41) is 8.46. The van der Waals surface area contributed by atoms with E-state index in [0.29, 0.717) is 0 Å². The van der Waals surface area contributed by atoms with Crippen LogP contribution in [0, 0.1) is 5.41 Å². The summed E-state index contributed by atoms with van der Waals surface area (Å²) >= 11 is 0. The first kappa shape index (κ1) is 18.1. The summed E-state index contributed by atoms with van der Waals surface area (Å²) < 4.78 is 0. The molecule has 0 fully saturated rings. The highest BCUT2D eigenvalue weighted by atomic mass is 16.3. The van der Waals surface area contributed by atoms with Gasteiger partial charge in [-0.3, -0.25) is 0 Å². The van der Waals surface area contributed by atoms with Gasteiger partial charge in [0.1, 0.15) is 0 Å². The molecule has 0 aliphatic heterocycles. The van der Waals surface area contributed by atoms with Gasteiger partial charge >= 0.3 is 0 Å². The van der Waals surface area contributed by atoms with Crippen molar-refractivity contribution in [1.29, 1.82) is 0 Å². The zero-order chi connectivity index (χ0) is 14.1. The zero-order valence-corrected chi connectivity index (χ0v) is 12.7. The maximum atomic E-state index is 10.0. The Bertz CT molecular complexity index is 187. The second-order valence-electron chi connectivity index (χ2n) is 6.01. The Morgan fingerprint density at radius 1 is 0.778 bits per heavy atom. The van der Waals surface area contributed by atoms with Crippen LogP contribution in [0.5, 0.6) is 0 Å². The van der Waals surface area contributed by atoms with Crippen molar-refractivity contribution in [2.75, 3.05) is 0 Å². The summed E-state index contributed by atoms with van der Waals surface area (Å²) in [4.78, 5) is 0. The summed E-state index contributed by atoms with van der Waals surface area (Å²) in [5.74, 6) is 0. The van der Waals surface area contributed by atoms with Gasteiger partial charge in [-0.25, -0.2) is 0 Å². The SMILES string of the molecule is [B]C([B])(O)C(C)(CCCCCC)CCCCCC. The highest BCUT2D eigenvalue weighted by Crippen LogP contribution is 2.38. The molecule has 0 atom stereocenters. The molecular formula is C15H30B2O. The Kier molecular flexibility index (Phi) is 9.11. The standard InChI is InChI=1S/C15H30B2O/c1-4-6-8-10-12-14(3,15(16,17)18)13-11-9-7-5-2/h18H,4-13H2,1-3H3. The molecule has 0 aromatic rings. The Hall–Kier alpha value is 0.0899. The van der Waals surface area contributed by atoms with E-state index in [1.165, 1.54) is 38.5 Å². The molecule has 0 bridgehead atoms. The molecule has 4 radical (unpaired) electrons. The first-order valence-electron chi connectivity index (χ1n) is 7.67. The summed E-state index contributed by atoms with van der Waals surface area (Å²) in [6.45, 7) is 6.43. The molecule has 0 heterocycles. The summed E-state index contributed by atoms with van der Waals surface area (Å²) in [6.07, 6.45) is 11.4. The van der Waals surface area contributed by atoms with Crippen molar-refractivity contribution in [3.8, 4) is 0 Å². The van der Waals surface area contributed by atoms with Crippen molar-refractivity contribution < 1.29 is 5.11 Å². The molecule has 0 unspecified atom stereocenters. The van der Waals surface area contributed by atoms with Crippen molar-refractivity contribution in [2.45, 2.75) is 90.4 Å². The van der Waals surface area contributed by atoms with Crippen LogP contribution in [-0.4, -0.2) is 26.2 Å². The van der Waals surface area contributed by atoms with E-state index in [2.05, 4.69) is 13.8 Å². The highest BCUT2D eigenvalue weighted by molar-refractivity contribution is 6.39. The molecule has 0 rings (SSSR count). The lowest BCUT2D eigenvalue weighted by atomic mass is 9.48. The molecule has 0 aromatic heterocycles. The molecule has 0 amide bonds. The van der Waals surface area contributed by atoms with Crippen LogP contribution in [-0.2, 0) is 0 Å². The molecule has 0 aromatic carbocycles. The van der Waals surface area contributed by atoms with Gasteiger partial charge in [-0.15, -0.1) is 0 Å². The lowest BCUT2D eigenvalue weighted by Gasteiger charge is -2.42. The average Bonchev–Trinajstić information content (AvgIpc) is 2.29. The predicted octanol–water partition coefficient (Wildman–Crippen LogP) is 3.92. The lowest BCUT2D eigenvalue weighted by molar-refractivity contribution is 0.0463. The molecule has 0 saturated carbocycles. The molecule has 18 heavy (non-hydrogen) atoms. The highest BCUT2D eigenvalue weighted by Gasteiger charge is 2.36. The molecule has 102 valence electrons. The Morgan fingerprint density at radius 2 is 1.17 bits per heavy atom. The van der Waals surface area contributed by atoms with Gasteiger partial charge in [0.15, 0.2) is 0 Å². The number of aliphatic hydroxyl groups is 1. The lowest BCUT2D eigenvalue weighted by Crippen LogP contribution is -2.47. The molecule has 0 aliphatic carbocycles. The van der Waals surface area contributed by atoms with E-state index in [4.69, 9.17) is 15.7 Å². The van der Waals surface area contributed by atoms with Crippen molar-refractivity contribution in [1.82, 2.24) is 0 Å². The zero-order valence-electron chi connectivity index (χ0n) is 12.7. The average molecular weight is 248 g/mol. The molecule has 0 spiro atoms. The van der Waals surface area contributed by atoms with Crippen LogP contribution in [0.15, 0.2) is 0 Å². The number of unbranched alkanes of at least 4 members (excludes halogenated alkanes) is 6. The number of rotatable bonds is 11. The van der Waals surface area contributed by atoms with Crippen LogP contribution >= 0.6 is 0 Å². The fraction of sp³-hybridized carbons (Fsp3) is 1.00. The summed E-state index contributed by atoms with van der Waals surface area (Å²) in [5.41, 5.74) is -0.353. The summed E-state index contributed by atoms with van der Waals surface area (Å²) in [6, 6.07) is 0. The minimum Gasteiger partial charge on any atom is -0.409 e. The van der Waals surface area contributed by atoms with E-state index >= 15 is 0 Å². The molecule has 0 saturated heterocycles. The van der Waals surface area contributed by atoms with Crippen molar-refractivity contribution in [3.63, 3.8) is 0 Å². The van der Waals surface area contributed by atoms with E-state index in [-0.39, 0.29) is 5.41 Å². The van der Waals surface area contributed by atoms with Gasteiger partial charge in [0, 0.05) is 0 Å². The normalized spacial score (nSPS) is 12.9. The largest absolute Gasteiger partial charge is 0.409 e. The van der Waals surface area contributed by atoms with E-state index in [0.717, 1.165) is 25.7 Å². The van der Waals surface area contributed by atoms with Crippen molar-refractivity contribution in [2.24, 2.45) is 5.41 Å². The van der Waals surface area contributed by atoms with Crippen LogP contribution in [0.25, 0.3) is 0 Å². The summed E-state index contributed by atoms with van der Waals surface area (Å²) in [7, 11) is 11.6. The van der Waals surface area contributed by atoms with Crippen LogP contribution < -0.4 is 0 Å². The molecular weight excluding hydrogens is 218 g/mol. The number of hydrogen-bond acceptors (Lipinski definition) is 1. The maximum Gasteiger partial charge on any atom is 0.0997 e. The van der Waals surface area contributed by atoms with Gasteiger partial charge < -0.3 is 5.11 Å². The third-order valence-corrected chi connectivity index (χ3v) is 4.13. The van der Waals surface area contributed by atoms with E-state index < -0.39 is 5.40 Å².